The van der Waals surface area contributed by atoms with Crippen LogP contribution in [0.25, 0.3) is 0 Å². The van der Waals surface area contributed by atoms with Crippen molar-refractivity contribution in [2.24, 2.45) is 7.05 Å². The predicted octanol–water partition coefficient (Wildman–Crippen LogP) is 1.51. The highest BCUT2D eigenvalue weighted by Gasteiger charge is 2.02. The Morgan fingerprint density at radius 2 is 2.09 bits per heavy atom. The molecule has 0 spiro atoms. The Morgan fingerprint density at radius 3 is 2.55 bits per heavy atom. The molecule has 1 aromatic heterocycles. The Bertz CT molecular complexity index is 299. The van der Waals surface area contributed by atoms with Crippen LogP contribution in [-0.2, 0) is 7.05 Å². The van der Waals surface area contributed by atoms with Crippen LogP contribution < -0.4 is 5.43 Å². The van der Waals surface area contributed by atoms with E-state index in [0.717, 1.165) is 5.56 Å². The summed E-state index contributed by atoms with van der Waals surface area (Å²) in [6.45, 7) is 4.05. The van der Waals surface area contributed by atoms with Crippen LogP contribution in [0.2, 0.25) is 0 Å². The highest BCUT2D eigenvalue weighted by atomic mass is 16.1. The van der Waals surface area contributed by atoms with Gasteiger partial charge in [-0.05, 0) is 5.92 Å². The quantitative estimate of drug-likeness (QED) is 0.596. The zero-order valence-corrected chi connectivity index (χ0v) is 7.16. The molecule has 0 fully saturated rings. The molecule has 0 amide bonds. The molecule has 0 radical (unpaired) electrons. The van der Waals surface area contributed by atoms with Crippen LogP contribution in [0.4, 0.5) is 0 Å². The van der Waals surface area contributed by atoms with E-state index in [2.05, 4.69) is 0 Å². The van der Waals surface area contributed by atoms with Crippen LogP contribution in [0.5, 0.6) is 0 Å². The molecule has 11 heavy (non-hydrogen) atoms. The minimum absolute atomic E-state index is 0.137. The topological polar surface area (TPSA) is 22.0 Å². The third-order valence-electron chi connectivity index (χ3n) is 1.71. The monoisotopic (exact) mass is 151 g/mol. The molecule has 2 heteroatoms. The van der Waals surface area contributed by atoms with E-state index in [9.17, 15) is 4.79 Å². The van der Waals surface area contributed by atoms with Crippen molar-refractivity contribution >= 4 is 0 Å². The first-order chi connectivity index (χ1) is 5.11. The molecule has 0 N–H and O–H groups in total. The normalized spacial score (nSPS) is 10.5. The number of aromatic nitrogens is 1. The minimum atomic E-state index is 0.137. The average Bonchev–Trinajstić information content (AvgIpc) is 1.94. The van der Waals surface area contributed by atoms with Crippen molar-refractivity contribution in [3.05, 3.63) is 34.2 Å². The third-order valence-corrected chi connectivity index (χ3v) is 1.71. The Balaban J connectivity index is 3.24. The van der Waals surface area contributed by atoms with Gasteiger partial charge < -0.3 is 4.57 Å². The molecular formula is C9H13NO. The van der Waals surface area contributed by atoms with Crippen molar-refractivity contribution < 1.29 is 0 Å². The van der Waals surface area contributed by atoms with Gasteiger partial charge in [-0.1, -0.05) is 13.8 Å². The van der Waals surface area contributed by atoms with Gasteiger partial charge in [-0.15, -0.1) is 0 Å². The van der Waals surface area contributed by atoms with E-state index >= 15 is 0 Å². The number of hydrogen-bond donors (Lipinski definition) is 0. The highest BCUT2D eigenvalue weighted by Crippen LogP contribution is 2.07. The Kier molecular flexibility index (Phi) is 2.13. The van der Waals surface area contributed by atoms with Gasteiger partial charge in [0.25, 0.3) is 0 Å². The maximum absolute atomic E-state index is 11.2. The summed E-state index contributed by atoms with van der Waals surface area (Å²) in [5, 5.41) is 0. The molecule has 0 atom stereocenters. The lowest BCUT2D eigenvalue weighted by molar-refractivity contribution is 0.804. The van der Waals surface area contributed by atoms with E-state index in [-0.39, 0.29) is 5.43 Å². The van der Waals surface area contributed by atoms with Crippen LogP contribution in [0.1, 0.15) is 25.3 Å². The smallest absolute Gasteiger partial charge is 0.184 e. The molecule has 2 nitrogen and oxygen atoms in total. The summed E-state index contributed by atoms with van der Waals surface area (Å²) in [6, 6.07) is 1.61. The summed E-state index contributed by atoms with van der Waals surface area (Å²) in [7, 11) is 1.92. The Hall–Kier alpha value is -1.05. The molecule has 0 unspecified atom stereocenters. The molecule has 0 saturated heterocycles. The van der Waals surface area contributed by atoms with Gasteiger partial charge in [0.1, 0.15) is 0 Å². The van der Waals surface area contributed by atoms with Gasteiger partial charge >= 0.3 is 0 Å². The third kappa shape index (κ3) is 1.70. The van der Waals surface area contributed by atoms with Crippen molar-refractivity contribution in [1.29, 1.82) is 0 Å². The molecular weight excluding hydrogens is 138 g/mol. The summed E-state index contributed by atoms with van der Waals surface area (Å²) in [6.07, 6.45) is 3.65. The standard InChI is InChI=1S/C9H13NO/c1-7(2)8-6-10(3)5-4-9(8)11/h4-7H,1-3H3. The molecule has 0 aromatic carbocycles. The largest absolute Gasteiger partial charge is 0.357 e. The van der Waals surface area contributed by atoms with E-state index in [1.165, 1.54) is 0 Å². The van der Waals surface area contributed by atoms with Crippen LogP contribution >= 0.6 is 0 Å². The fraction of sp³-hybridized carbons (Fsp3) is 0.444. The molecule has 1 heterocycles. The SMILES string of the molecule is CC(C)c1cn(C)ccc1=O. The van der Waals surface area contributed by atoms with Crippen LogP contribution in [-0.4, -0.2) is 4.57 Å². The molecule has 0 saturated carbocycles. The second-order valence-electron chi connectivity index (χ2n) is 3.08. The minimum Gasteiger partial charge on any atom is -0.357 e. The lowest BCUT2D eigenvalue weighted by atomic mass is 10.1. The van der Waals surface area contributed by atoms with Gasteiger partial charge in [-0.3, -0.25) is 4.79 Å². The van der Waals surface area contributed by atoms with E-state index in [1.54, 1.807) is 12.3 Å². The first-order valence-corrected chi connectivity index (χ1v) is 3.77. The van der Waals surface area contributed by atoms with E-state index in [1.807, 2.05) is 31.7 Å². The second-order valence-corrected chi connectivity index (χ2v) is 3.08. The lowest BCUT2D eigenvalue weighted by Crippen LogP contribution is -2.11. The average molecular weight is 151 g/mol. The number of rotatable bonds is 1. The van der Waals surface area contributed by atoms with E-state index < -0.39 is 0 Å². The summed E-state index contributed by atoms with van der Waals surface area (Å²) < 4.78 is 1.90. The van der Waals surface area contributed by atoms with Gasteiger partial charge in [-0.25, -0.2) is 0 Å². The molecule has 0 aliphatic heterocycles. The lowest BCUT2D eigenvalue weighted by Gasteiger charge is -2.05. The zero-order valence-electron chi connectivity index (χ0n) is 7.16. The van der Waals surface area contributed by atoms with Crippen LogP contribution in [0, 0.1) is 0 Å². The van der Waals surface area contributed by atoms with Crippen molar-refractivity contribution in [3.8, 4) is 0 Å². The first kappa shape index (κ1) is 8.05. The van der Waals surface area contributed by atoms with Crippen molar-refractivity contribution in [2.75, 3.05) is 0 Å². The van der Waals surface area contributed by atoms with Gasteiger partial charge in [0.15, 0.2) is 5.43 Å². The fourth-order valence-electron chi connectivity index (χ4n) is 1.04. The maximum atomic E-state index is 11.2. The number of pyridine rings is 1. The summed E-state index contributed by atoms with van der Waals surface area (Å²) in [4.78, 5) is 11.2. The predicted molar refractivity (Wildman–Crippen MR) is 45.8 cm³/mol. The number of aryl methyl sites for hydroxylation is 1. The fourth-order valence-corrected chi connectivity index (χ4v) is 1.04. The molecule has 0 bridgehead atoms. The highest BCUT2D eigenvalue weighted by molar-refractivity contribution is 5.13. The van der Waals surface area contributed by atoms with Crippen molar-refractivity contribution in [3.63, 3.8) is 0 Å². The van der Waals surface area contributed by atoms with E-state index in [0.29, 0.717) is 5.92 Å². The van der Waals surface area contributed by atoms with E-state index in [4.69, 9.17) is 0 Å². The van der Waals surface area contributed by atoms with Crippen LogP contribution in [0.15, 0.2) is 23.3 Å². The second kappa shape index (κ2) is 2.91. The molecule has 1 aromatic rings. The first-order valence-electron chi connectivity index (χ1n) is 3.77. The summed E-state index contributed by atoms with van der Waals surface area (Å²) in [5.41, 5.74) is 1.02. The molecule has 0 aliphatic rings. The number of nitrogens with zero attached hydrogens (tertiary/aromatic N) is 1. The van der Waals surface area contributed by atoms with Gasteiger partial charge in [0.2, 0.25) is 0 Å². The van der Waals surface area contributed by atoms with Crippen molar-refractivity contribution in [1.82, 2.24) is 4.57 Å². The zero-order chi connectivity index (χ0) is 8.43. The summed E-state index contributed by atoms with van der Waals surface area (Å²) in [5.74, 6) is 0.315. The van der Waals surface area contributed by atoms with Crippen LogP contribution in [0.3, 0.4) is 0 Å². The van der Waals surface area contributed by atoms with Crippen molar-refractivity contribution in [2.45, 2.75) is 19.8 Å². The summed E-state index contributed by atoms with van der Waals surface area (Å²) >= 11 is 0. The van der Waals surface area contributed by atoms with Gasteiger partial charge in [0.05, 0.1) is 0 Å². The Morgan fingerprint density at radius 1 is 1.45 bits per heavy atom. The molecule has 60 valence electrons. The van der Waals surface area contributed by atoms with Gasteiger partial charge in [-0.2, -0.15) is 0 Å². The Labute approximate surface area is 66.5 Å². The molecule has 1 rings (SSSR count). The molecule has 0 aliphatic carbocycles. The number of hydrogen-bond acceptors (Lipinski definition) is 1. The maximum Gasteiger partial charge on any atom is 0.184 e. The van der Waals surface area contributed by atoms with Gasteiger partial charge in [0, 0.05) is 31.1 Å².